The predicted octanol–water partition coefficient (Wildman–Crippen LogP) is 3.09. The van der Waals surface area contributed by atoms with Crippen molar-refractivity contribution in [3.05, 3.63) is 42.0 Å². The van der Waals surface area contributed by atoms with E-state index in [1.807, 2.05) is 12.1 Å². The molecule has 3 rings (SSSR count). The van der Waals surface area contributed by atoms with Crippen LogP contribution in [0.5, 0.6) is 0 Å². The highest BCUT2D eigenvalue weighted by atomic mass is 32.2. The van der Waals surface area contributed by atoms with Crippen LogP contribution in [0.25, 0.3) is 11.3 Å². The summed E-state index contributed by atoms with van der Waals surface area (Å²) in [4.78, 5) is 11.9. The van der Waals surface area contributed by atoms with Crippen molar-refractivity contribution in [2.24, 2.45) is 0 Å². The lowest BCUT2D eigenvalue weighted by atomic mass is 10.1. The second-order valence-electron chi connectivity index (χ2n) is 6.04. The average Bonchev–Trinajstić information content (AvgIpc) is 3.19. The van der Waals surface area contributed by atoms with Crippen molar-refractivity contribution >= 4 is 17.7 Å². The summed E-state index contributed by atoms with van der Waals surface area (Å²) in [5.41, 5.74) is 3.20. The fourth-order valence-corrected chi connectivity index (χ4v) is 3.33. The summed E-state index contributed by atoms with van der Waals surface area (Å²) in [6.07, 6.45) is 3.31. The molecule has 0 radical (unpaired) electrons. The standard InChI is InChI=1S/C19H23N3O2S/c1-2-14-5-7-15(8-6-14)17-9-10-19(22-21-17)25-13-18(23)20-12-16-4-3-11-24-16/h5-10,16H,2-4,11-13H2,1H3,(H,20,23)/t16-/m1/s1. The van der Waals surface area contributed by atoms with Crippen LogP contribution in [-0.4, -0.2) is 41.1 Å². The third-order valence-electron chi connectivity index (χ3n) is 4.20. The SMILES string of the molecule is CCc1ccc(-c2ccc(SCC(=O)NC[C@H]3CCCO3)nn2)cc1. The van der Waals surface area contributed by atoms with Gasteiger partial charge in [-0.05, 0) is 37.0 Å². The number of amides is 1. The minimum atomic E-state index is 0.00142. The van der Waals surface area contributed by atoms with Gasteiger partial charge in [0.15, 0.2) is 0 Å². The van der Waals surface area contributed by atoms with E-state index in [0.29, 0.717) is 12.3 Å². The Kier molecular flexibility index (Phi) is 6.42. The van der Waals surface area contributed by atoms with E-state index in [1.165, 1.54) is 17.3 Å². The molecule has 1 aromatic carbocycles. The number of rotatable bonds is 7. The molecule has 0 unspecified atom stereocenters. The highest BCUT2D eigenvalue weighted by Crippen LogP contribution is 2.20. The number of carbonyl (C=O) groups is 1. The first-order chi connectivity index (χ1) is 12.2. The summed E-state index contributed by atoms with van der Waals surface area (Å²) in [6.45, 7) is 3.54. The number of nitrogens with zero attached hydrogens (tertiary/aromatic N) is 2. The number of benzene rings is 1. The zero-order valence-electron chi connectivity index (χ0n) is 14.4. The average molecular weight is 357 g/mol. The molecule has 132 valence electrons. The van der Waals surface area contributed by atoms with Crippen molar-refractivity contribution in [3.63, 3.8) is 0 Å². The smallest absolute Gasteiger partial charge is 0.230 e. The summed E-state index contributed by atoms with van der Waals surface area (Å²) in [5, 5.41) is 12.1. The number of carbonyl (C=O) groups excluding carboxylic acids is 1. The molecule has 1 aliphatic rings. The number of aryl methyl sites for hydroxylation is 1. The fourth-order valence-electron chi connectivity index (χ4n) is 2.69. The number of ether oxygens (including phenoxy) is 1. The molecule has 0 saturated carbocycles. The molecule has 2 aromatic rings. The number of thioether (sulfide) groups is 1. The second kappa shape index (κ2) is 8.97. The molecule has 1 saturated heterocycles. The quantitative estimate of drug-likeness (QED) is 0.772. The van der Waals surface area contributed by atoms with Gasteiger partial charge in [-0.1, -0.05) is 43.0 Å². The largest absolute Gasteiger partial charge is 0.376 e. The van der Waals surface area contributed by atoms with Crippen molar-refractivity contribution < 1.29 is 9.53 Å². The summed E-state index contributed by atoms with van der Waals surface area (Å²) in [5.74, 6) is 0.341. The van der Waals surface area contributed by atoms with Gasteiger partial charge in [0.2, 0.25) is 5.91 Å². The highest BCUT2D eigenvalue weighted by molar-refractivity contribution is 7.99. The zero-order chi connectivity index (χ0) is 17.5. The van der Waals surface area contributed by atoms with E-state index in [4.69, 9.17) is 4.74 Å². The summed E-state index contributed by atoms with van der Waals surface area (Å²) >= 11 is 1.39. The van der Waals surface area contributed by atoms with Gasteiger partial charge >= 0.3 is 0 Å². The Morgan fingerprint density at radius 1 is 1.24 bits per heavy atom. The van der Waals surface area contributed by atoms with Gasteiger partial charge in [-0.3, -0.25) is 4.79 Å². The van der Waals surface area contributed by atoms with Crippen molar-refractivity contribution in [2.75, 3.05) is 18.9 Å². The Labute approximate surface area is 152 Å². The molecular weight excluding hydrogens is 334 g/mol. The van der Waals surface area contributed by atoms with E-state index in [2.05, 4.69) is 46.7 Å². The van der Waals surface area contributed by atoms with Crippen LogP contribution in [0.3, 0.4) is 0 Å². The van der Waals surface area contributed by atoms with Gasteiger partial charge in [0.1, 0.15) is 5.03 Å². The predicted molar refractivity (Wildman–Crippen MR) is 99.6 cm³/mol. The molecule has 6 heteroatoms. The lowest BCUT2D eigenvalue weighted by Crippen LogP contribution is -2.32. The molecule has 1 N–H and O–H groups in total. The van der Waals surface area contributed by atoms with E-state index < -0.39 is 0 Å². The van der Waals surface area contributed by atoms with Crippen LogP contribution in [0.1, 0.15) is 25.3 Å². The zero-order valence-corrected chi connectivity index (χ0v) is 15.2. The molecule has 2 heterocycles. The monoisotopic (exact) mass is 357 g/mol. The minimum Gasteiger partial charge on any atom is -0.376 e. The van der Waals surface area contributed by atoms with Gasteiger partial charge in [-0.25, -0.2) is 0 Å². The maximum Gasteiger partial charge on any atom is 0.230 e. The van der Waals surface area contributed by atoms with Crippen LogP contribution in [0.2, 0.25) is 0 Å². The molecule has 1 aliphatic heterocycles. The van der Waals surface area contributed by atoms with Gasteiger partial charge in [-0.2, -0.15) is 0 Å². The number of hydrogen-bond acceptors (Lipinski definition) is 5. The van der Waals surface area contributed by atoms with Crippen LogP contribution < -0.4 is 5.32 Å². The lowest BCUT2D eigenvalue weighted by molar-refractivity contribution is -0.119. The van der Waals surface area contributed by atoms with Crippen LogP contribution in [0, 0.1) is 0 Å². The third-order valence-corrected chi connectivity index (χ3v) is 5.12. The summed E-state index contributed by atoms with van der Waals surface area (Å²) in [7, 11) is 0. The maximum absolute atomic E-state index is 11.9. The first kappa shape index (κ1) is 17.9. The molecule has 5 nitrogen and oxygen atoms in total. The van der Waals surface area contributed by atoms with Crippen molar-refractivity contribution in [1.29, 1.82) is 0 Å². The Balaban J connectivity index is 1.47. The summed E-state index contributed by atoms with van der Waals surface area (Å²) < 4.78 is 5.49. The molecular formula is C19H23N3O2S. The van der Waals surface area contributed by atoms with Gasteiger partial charge in [-0.15, -0.1) is 10.2 Å². The first-order valence-electron chi connectivity index (χ1n) is 8.68. The van der Waals surface area contributed by atoms with Gasteiger partial charge in [0.25, 0.3) is 0 Å². The van der Waals surface area contributed by atoms with Gasteiger partial charge in [0.05, 0.1) is 17.6 Å². The Hall–Kier alpha value is -1.92. The van der Waals surface area contributed by atoms with Crippen LogP contribution >= 0.6 is 11.8 Å². The fraction of sp³-hybridized carbons (Fsp3) is 0.421. The minimum absolute atomic E-state index is 0.00142. The molecule has 1 atom stereocenters. The maximum atomic E-state index is 11.9. The van der Waals surface area contributed by atoms with Gasteiger partial charge in [0, 0.05) is 18.7 Å². The first-order valence-corrected chi connectivity index (χ1v) is 9.67. The molecule has 25 heavy (non-hydrogen) atoms. The Morgan fingerprint density at radius 2 is 2.08 bits per heavy atom. The summed E-state index contributed by atoms with van der Waals surface area (Å²) in [6, 6.07) is 12.2. The van der Waals surface area contributed by atoms with Crippen molar-refractivity contribution in [3.8, 4) is 11.3 Å². The number of aromatic nitrogens is 2. The Bertz CT molecular complexity index is 683. The van der Waals surface area contributed by atoms with E-state index in [-0.39, 0.29) is 12.0 Å². The van der Waals surface area contributed by atoms with Crippen molar-refractivity contribution in [1.82, 2.24) is 15.5 Å². The van der Waals surface area contributed by atoms with Crippen LogP contribution in [0.15, 0.2) is 41.4 Å². The second-order valence-corrected chi connectivity index (χ2v) is 7.03. The lowest BCUT2D eigenvalue weighted by Gasteiger charge is -2.10. The molecule has 0 bridgehead atoms. The van der Waals surface area contributed by atoms with E-state index >= 15 is 0 Å². The van der Waals surface area contributed by atoms with Gasteiger partial charge < -0.3 is 10.1 Å². The molecule has 1 fully saturated rings. The van der Waals surface area contributed by atoms with E-state index in [9.17, 15) is 4.79 Å². The van der Waals surface area contributed by atoms with Crippen LogP contribution in [0.4, 0.5) is 0 Å². The molecule has 1 aromatic heterocycles. The molecule has 0 aliphatic carbocycles. The molecule has 1 amide bonds. The topological polar surface area (TPSA) is 64.1 Å². The third kappa shape index (κ3) is 5.28. The Morgan fingerprint density at radius 3 is 2.72 bits per heavy atom. The van der Waals surface area contributed by atoms with E-state index in [1.54, 1.807) is 0 Å². The number of nitrogens with one attached hydrogen (secondary N) is 1. The molecule has 0 spiro atoms. The van der Waals surface area contributed by atoms with Crippen molar-refractivity contribution in [2.45, 2.75) is 37.3 Å². The van der Waals surface area contributed by atoms with Crippen LogP contribution in [-0.2, 0) is 16.0 Å². The highest BCUT2D eigenvalue weighted by Gasteiger charge is 2.16. The number of hydrogen-bond donors (Lipinski definition) is 1. The van der Waals surface area contributed by atoms with E-state index in [0.717, 1.165) is 42.2 Å². The normalized spacial score (nSPS) is 16.8.